The van der Waals surface area contributed by atoms with E-state index < -0.39 is 6.36 Å². The van der Waals surface area contributed by atoms with Crippen LogP contribution in [-0.4, -0.2) is 40.4 Å². The van der Waals surface area contributed by atoms with Crippen LogP contribution in [0.15, 0.2) is 24.3 Å². The lowest BCUT2D eigenvalue weighted by atomic mass is 9.93. The zero-order chi connectivity index (χ0) is 20.2. The molecule has 9 heteroatoms. The van der Waals surface area contributed by atoms with Crippen molar-refractivity contribution in [2.24, 2.45) is 0 Å². The fourth-order valence-electron chi connectivity index (χ4n) is 3.16. The van der Waals surface area contributed by atoms with Crippen LogP contribution < -0.4 is 15.4 Å². The molecule has 1 amide bonds. The molecule has 0 aromatic heterocycles. The number of rotatable bonds is 6. The Morgan fingerprint density at radius 2 is 2.00 bits per heavy atom. The third-order valence-corrected chi connectivity index (χ3v) is 4.56. The van der Waals surface area contributed by atoms with Gasteiger partial charge >= 0.3 is 6.36 Å². The van der Waals surface area contributed by atoms with E-state index in [2.05, 4.69) is 41.0 Å². The molecule has 1 aromatic carbocycles. The van der Waals surface area contributed by atoms with Crippen molar-refractivity contribution in [1.82, 2.24) is 10.2 Å². The van der Waals surface area contributed by atoms with Crippen LogP contribution >= 0.6 is 12.2 Å². The number of thiocarbonyl (C=S) groups is 1. The highest BCUT2D eigenvalue weighted by atomic mass is 32.1. The summed E-state index contributed by atoms with van der Waals surface area (Å²) < 4.78 is 40.2. The topological polar surface area (TPSA) is 53.6 Å². The zero-order valence-corrected chi connectivity index (χ0v) is 16.3. The monoisotopic (exact) mass is 403 g/mol. The molecule has 1 saturated heterocycles. The first-order valence-corrected chi connectivity index (χ1v) is 9.10. The van der Waals surface area contributed by atoms with E-state index in [4.69, 9.17) is 12.2 Å². The quantitative estimate of drug-likeness (QED) is 0.702. The van der Waals surface area contributed by atoms with Gasteiger partial charge in [0.05, 0.1) is 0 Å². The average Bonchev–Trinajstić information content (AvgIpc) is 2.49. The van der Waals surface area contributed by atoms with Gasteiger partial charge in [-0.15, -0.1) is 13.2 Å². The number of halogens is 3. The molecule has 5 nitrogen and oxygen atoms in total. The number of ether oxygens (including phenoxy) is 1. The molecule has 1 atom stereocenters. The summed E-state index contributed by atoms with van der Waals surface area (Å²) in [6, 6.07) is 5.34. The summed E-state index contributed by atoms with van der Waals surface area (Å²) in [6.07, 6.45) is -2.88. The van der Waals surface area contributed by atoms with Crippen LogP contribution in [0.3, 0.4) is 0 Å². The fraction of sp³-hybridized carbons (Fsp3) is 0.556. The largest absolute Gasteiger partial charge is 0.573 e. The number of amides is 1. The van der Waals surface area contributed by atoms with E-state index in [1.165, 1.54) is 12.1 Å². The van der Waals surface area contributed by atoms with Crippen molar-refractivity contribution in [3.8, 4) is 5.75 Å². The number of nitrogens with one attached hydrogen (secondary N) is 2. The summed E-state index contributed by atoms with van der Waals surface area (Å²) in [7, 11) is 0. The molecule has 1 fully saturated rings. The van der Waals surface area contributed by atoms with Gasteiger partial charge in [-0.3, -0.25) is 4.79 Å². The van der Waals surface area contributed by atoms with Gasteiger partial charge in [-0.05, 0) is 70.1 Å². The van der Waals surface area contributed by atoms with E-state index >= 15 is 0 Å². The van der Waals surface area contributed by atoms with Crippen LogP contribution in [0.25, 0.3) is 0 Å². The predicted octanol–water partition coefficient (Wildman–Crippen LogP) is 4.05. The van der Waals surface area contributed by atoms with Gasteiger partial charge in [0, 0.05) is 30.2 Å². The first-order valence-electron chi connectivity index (χ1n) is 8.70. The number of alkyl halides is 3. The van der Waals surface area contributed by atoms with Gasteiger partial charge in [-0.1, -0.05) is 0 Å². The SMILES string of the molecule is CC1CC(C)(C)NC(=S)N1CCCC(=O)Nc1ccc(OC(F)(F)F)cc1. The summed E-state index contributed by atoms with van der Waals surface area (Å²) in [5.41, 5.74) is 0.381. The predicted molar refractivity (Wildman–Crippen MR) is 102 cm³/mol. The van der Waals surface area contributed by atoms with Gasteiger partial charge in [-0.25, -0.2) is 0 Å². The molecule has 0 aliphatic carbocycles. The van der Waals surface area contributed by atoms with Crippen LogP contribution in [0.1, 0.15) is 40.0 Å². The molecule has 2 rings (SSSR count). The molecule has 0 spiro atoms. The molecule has 0 saturated carbocycles. The highest BCUT2D eigenvalue weighted by molar-refractivity contribution is 7.80. The maximum absolute atomic E-state index is 12.1. The Morgan fingerprint density at radius 3 is 2.56 bits per heavy atom. The second-order valence-electron chi connectivity index (χ2n) is 7.28. The van der Waals surface area contributed by atoms with Crippen molar-refractivity contribution >= 4 is 28.9 Å². The molecule has 1 aliphatic heterocycles. The number of carbonyl (C=O) groups excluding carboxylic acids is 1. The fourth-order valence-corrected chi connectivity index (χ4v) is 3.70. The Balaban J connectivity index is 1.77. The molecule has 1 heterocycles. The maximum Gasteiger partial charge on any atom is 0.573 e. The molecule has 1 unspecified atom stereocenters. The summed E-state index contributed by atoms with van der Waals surface area (Å²) in [5, 5.41) is 6.66. The van der Waals surface area contributed by atoms with Gasteiger partial charge < -0.3 is 20.3 Å². The van der Waals surface area contributed by atoms with Gasteiger partial charge in [0.15, 0.2) is 5.11 Å². The molecule has 1 aliphatic rings. The minimum absolute atomic E-state index is 0.0354. The number of benzene rings is 1. The average molecular weight is 403 g/mol. The minimum atomic E-state index is -4.74. The van der Waals surface area contributed by atoms with E-state index in [0.29, 0.717) is 23.8 Å². The van der Waals surface area contributed by atoms with E-state index in [-0.39, 0.29) is 29.7 Å². The van der Waals surface area contributed by atoms with Crippen molar-refractivity contribution in [3.05, 3.63) is 24.3 Å². The maximum atomic E-state index is 12.1. The Morgan fingerprint density at radius 1 is 1.37 bits per heavy atom. The normalized spacial score (nSPS) is 19.4. The lowest BCUT2D eigenvalue weighted by molar-refractivity contribution is -0.274. The van der Waals surface area contributed by atoms with Gasteiger partial charge in [0.25, 0.3) is 0 Å². The standard InChI is InChI=1S/C18H24F3N3O2S/c1-12-11-17(2,3)23-16(27)24(12)10-4-5-15(25)22-13-6-8-14(9-7-13)26-18(19,20)21/h6-9,12H,4-5,10-11H2,1-3H3,(H,22,25)(H,23,27). The van der Waals surface area contributed by atoms with Crippen molar-refractivity contribution in [3.63, 3.8) is 0 Å². The minimum Gasteiger partial charge on any atom is -0.406 e. The van der Waals surface area contributed by atoms with E-state index in [9.17, 15) is 18.0 Å². The number of nitrogens with zero attached hydrogens (tertiary/aromatic N) is 1. The Bertz CT molecular complexity index is 677. The van der Waals surface area contributed by atoms with E-state index in [1.807, 2.05) is 0 Å². The number of anilines is 1. The van der Waals surface area contributed by atoms with Crippen LogP contribution in [0.5, 0.6) is 5.75 Å². The number of hydrogen-bond acceptors (Lipinski definition) is 3. The molecule has 0 bridgehead atoms. The van der Waals surface area contributed by atoms with Gasteiger partial charge in [0.2, 0.25) is 5.91 Å². The van der Waals surface area contributed by atoms with Crippen LogP contribution in [0.2, 0.25) is 0 Å². The summed E-state index contributed by atoms with van der Waals surface area (Å²) in [5.74, 6) is -0.535. The van der Waals surface area contributed by atoms with E-state index in [0.717, 1.165) is 18.6 Å². The molecular weight excluding hydrogens is 379 g/mol. The molecule has 27 heavy (non-hydrogen) atoms. The van der Waals surface area contributed by atoms with Gasteiger partial charge in [-0.2, -0.15) is 0 Å². The molecule has 1 aromatic rings. The third kappa shape index (κ3) is 6.89. The second-order valence-corrected chi connectivity index (χ2v) is 7.67. The second kappa shape index (κ2) is 8.33. The van der Waals surface area contributed by atoms with Crippen LogP contribution in [0.4, 0.5) is 18.9 Å². The van der Waals surface area contributed by atoms with Crippen molar-refractivity contribution < 1.29 is 22.7 Å². The summed E-state index contributed by atoms with van der Waals surface area (Å²) >= 11 is 5.41. The number of carbonyl (C=O) groups is 1. The van der Waals surface area contributed by atoms with Crippen LogP contribution in [-0.2, 0) is 4.79 Å². The van der Waals surface area contributed by atoms with E-state index in [1.54, 1.807) is 0 Å². The summed E-state index contributed by atoms with van der Waals surface area (Å²) in [4.78, 5) is 14.1. The van der Waals surface area contributed by atoms with Crippen molar-refractivity contribution in [2.45, 2.75) is 58.0 Å². The molecule has 150 valence electrons. The Labute approximate surface area is 162 Å². The lowest BCUT2D eigenvalue weighted by Gasteiger charge is -2.44. The van der Waals surface area contributed by atoms with Crippen molar-refractivity contribution in [2.75, 3.05) is 11.9 Å². The molecule has 2 N–H and O–H groups in total. The Hall–Kier alpha value is -2.03. The Kier molecular flexibility index (Phi) is 6.56. The molecule has 0 radical (unpaired) electrons. The molecular formula is C18H24F3N3O2S. The number of hydrogen-bond donors (Lipinski definition) is 2. The zero-order valence-electron chi connectivity index (χ0n) is 15.5. The first-order chi connectivity index (χ1) is 12.5. The highest BCUT2D eigenvalue weighted by Gasteiger charge is 2.33. The van der Waals surface area contributed by atoms with Gasteiger partial charge in [0.1, 0.15) is 5.75 Å². The lowest BCUT2D eigenvalue weighted by Crippen LogP contribution is -2.60. The summed E-state index contributed by atoms with van der Waals surface area (Å²) in [6.45, 7) is 6.98. The smallest absolute Gasteiger partial charge is 0.406 e. The highest BCUT2D eigenvalue weighted by Crippen LogP contribution is 2.24. The third-order valence-electron chi connectivity index (χ3n) is 4.22. The van der Waals surface area contributed by atoms with Crippen molar-refractivity contribution in [1.29, 1.82) is 0 Å². The first kappa shape index (κ1) is 21.3. The van der Waals surface area contributed by atoms with Crippen LogP contribution in [0, 0.1) is 0 Å².